The largest absolute Gasteiger partial charge is 0.311 e. The van der Waals surface area contributed by atoms with Crippen LogP contribution in [0.4, 0.5) is 34.1 Å². The highest BCUT2D eigenvalue weighted by atomic mass is 28.3. The molecule has 4 heteroatoms. The number of nitrogens with zero attached hydrogens (tertiary/aromatic N) is 2. The minimum absolute atomic E-state index is 1.17. The first-order chi connectivity index (χ1) is 30.7. The third-order valence-corrected chi connectivity index (χ3v) is 21.3. The number of aryl methyl sites for hydroxylation is 1. The summed E-state index contributed by atoms with van der Waals surface area (Å²) in [5.41, 5.74) is 13.8. The van der Waals surface area contributed by atoms with Crippen molar-refractivity contribution in [3.63, 3.8) is 0 Å². The van der Waals surface area contributed by atoms with Gasteiger partial charge in [-0.05, 0) is 131 Å². The van der Waals surface area contributed by atoms with Gasteiger partial charge in [-0.1, -0.05) is 183 Å². The summed E-state index contributed by atoms with van der Waals surface area (Å²) in [6.07, 6.45) is 0. The van der Waals surface area contributed by atoms with Crippen LogP contribution >= 0.6 is 0 Å². The Morgan fingerprint density at radius 3 is 1.29 bits per heavy atom. The van der Waals surface area contributed by atoms with Gasteiger partial charge in [-0.15, -0.1) is 0 Å². The highest BCUT2D eigenvalue weighted by Gasteiger charge is 2.40. The number of benzene rings is 10. The Morgan fingerprint density at radius 2 is 0.762 bits per heavy atom. The first-order valence-electron chi connectivity index (χ1n) is 22.3. The Kier molecular flexibility index (Phi) is 8.40. The minimum atomic E-state index is -1.96. The fourth-order valence-electron chi connectivity index (χ4n) is 11.2. The molecule has 2 aliphatic heterocycles. The van der Waals surface area contributed by atoms with Crippen LogP contribution in [0.5, 0.6) is 0 Å². The standard InChI is InChI=1S/C59H48N2Si2/c1-39-18-16-21-41(36-39)58-46-34-32-43(61-52-26-10-14-30-56(52)63(4,5)57-31-15-11-27-53(57)61)38-49(46)59(45-23-17-20-40-19-6-7-22-44(40)45)47-35-33-42(37-48(47)58)60-50-24-8-12-28-54(50)62(2,3)55-29-13-9-25-51(55)60/h6-38H,1-5H3. The van der Waals surface area contributed by atoms with E-state index in [-0.39, 0.29) is 0 Å². The second-order valence-corrected chi connectivity index (χ2v) is 27.3. The number of hydrogen-bond donors (Lipinski definition) is 0. The molecule has 2 aliphatic rings. The maximum atomic E-state index is 2.53. The third kappa shape index (κ3) is 5.61. The molecule has 0 saturated heterocycles. The van der Waals surface area contributed by atoms with Gasteiger partial charge in [-0.3, -0.25) is 0 Å². The molecule has 0 fully saturated rings. The van der Waals surface area contributed by atoms with Crippen LogP contribution in [0.1, 0.15) is 5.56 Å². The lowest BCUT2D eigenvalue weighted by molar-refractivity contribution is 1.29. The van der Waals surface area contributed by atoms with E-state index in [1.165, 1.54) is 115 Å². The second-order valence-electron chi connectivity index (χ2n) is 18.6. The van der Waals surface area contributed by atoms with Crippen LogP contribution in [0.2, 0.25) is 26.2 Å². The number of para-hydroxylation sites is 4. The van der Waals surface area contributed by atoms with E-state index in [4.69, 9.17) is 0 Å². The van der Waals surface area contributed by atoms with Gasteiger partial charge in [0.1, 0.15) is 16.1 Å². The number of rotatable bonds is 4. The van der Waals surface area contributed by atoms with Crippen LogP contribution in [0.3, 0.4) is 0 Å². The number of fused-ring (bicyclic) bond motifs is 7. The van der Waals surface area contributed by atoms with Gasteiger partial charge in [0.2, 0.25) is 0 Å². The molecule has 0 saturated carbocycles. The first kappa shape index (κ1) is 37.7. The second kappa shape index (κ2) is 14.0. The average Bonchev–Trinajstić information content (AvgIpc) is 3.31. The quantitative estimate of drug-likeness (QED) is 0.129. The Balaban J connectivity index is 1.21. The van der Waals surface area contributed by atoms with E-state index in [0.29, 0.717) is 0 Å². The Hall–Kier alpha value is -6.99. The number of hydrogen-bond acceptors (Lipinski definition) is 2. The van der Waals surface area contributed by atoms with Crippen molar-refractivity contribution in [2.75, 3.05) is 9.80 Å². The van der Waals surface area contributed by atoms with Crippen molar-refractivity contribution in [2.24, 2.45) is 0 Å². The summed E-state index contributed by atoms with van der Waals surface area (Å²) in [6, 6.07) is 75.9. The van der Waals surface area contributed by atoms with Crippen molar-refractivity contribution in [2.45, 2.75) is 33.1 Å². The van der Waals surface area contributed by atoms with E-state index >= 15 is 0 Å². The van der Waals surface area contributed by atoms with Crippen molar-refractivity contribution in [1.82, 2.24) is 0 Å². The van der Waals surface area contributed by atoms with Gasteiger partial charge >= 0.3 is 0 Å². The molecule has 0 radical (unpaired) electrons. The van der Waals surface area contributed by atoms with Crippen molar-refractivity contribution in [3.05, 3.63) is 206 Å². The van der Waals surface area contributed by atoms with Gasteiger partial charge in [0.05, 0.1) is 0 Å². The molecule has 63 heavy (non-hydrogen) atoms. The fourth-order valence-corrected chi connectivity index (χ4v) is 17.2. The Morgan fingerprint density at radius 1 is 0.333 bits per heavy atom. The smallest absolute Gasteiger partial charge is 0.117 e. The molecule has 0 aromatic heterocycles. The lowest BCUT2D eigenvalue weighted by Gasteiger charge is -2.41. The normalized spacial score (nSPS) is 14.6. The van der Waals surface area contributed by atoms with Crippen molar-refractivity contribution >= 4 is 103 Å². The zero-order chi connectivity index (χ0) is 42.6. The monoisotopic (exact) mass is 840 g/mol. The van der Waals surface area contributed by atoms with Crippen LogP contribution in [0.25, 0.3) is 54.6 Å². The average molecular weight is 841 g/mol. The van der Waals surface area contributed by atoms with Crippen molar-refractivity contribution in [3.8, 4) is 22.3 Å². The van der Waals surface area contributed by atoms with E-state index in [9.17, 15) is 0 Å². The lowest BCUT2D eigenvalue weighted by atomic mass is 9.84. The van der Waals surface area contributed by atoms with Crippen LogP contribution in [0, 0.1) is 6.92 Å². The predicted octanol–water partition coefficient (Wildman–Crippen LogP) is 14.0. The number of anilines is 6. The summed E-state index contributed by atoms with van der Waals surface area (Å²) < 4.78 is 0. The van der Waals surface area contributed by atoms with Gasteiger partial charge in [0.15, 0.2) is 0 Å². The molecular weight excluding hydrogens is 793 g/mol. The van der Waals surface area contributed by atoms with E-state index in [1.807, 2.05) is 0 Å². The summed E-state index contributed by atoms with van der Waals surface area (Å²) in [4.78, 5) is 5.06. The van der Waals surface area contributed by atoms with E-state index in [0.717, 1.165) is 0 Å². The molecule has 10 aromatic rings. The molecular formula is C59H48N2Si2. The zero-order valence-electron chi connectivity index (χ0n) is 36.4. The van der Waals surface area contributed by atoms with E-state index < -0.39 is 16.1 Å². The van der Waals surface area contributed by atoms with Gasteiger partial charge in [-0.2, -0.15) is 0 Å². The van der Waals surface area contributed by atoms with Crippen LogP contribution in [-0.2, 0) is 0 Å². The Bertz CT molecular complexity index is 3410. The highest BCUT2D eigenvalue weighted by molar-refractivity contribution is 7.03. The van der Waals surface area contributed by atoms with Crippen molar-refractivity contribution < 1.29 is 0 Å². The van der Waals surface area contributed by atoms with Gasteiger partial charge in [0.25, 0.3) is 0 Å². The Labute approximate surface area is 372 Å². The van der Waals surface area contributed by atoms with E-state index in [2.05, 4.69) is 243 Å². The molecule has 302 valence electrons. The topological polar surface area (TPSA) is 6.48 Å². The van der Waals surface area contributed by atoms with Crippen LogP contribution in [-0.4, -0.2) is 16.1 Å². The van der Waals surface area contributed by atoms with Gasteiger partial charge in [-0.25, -0.2) is 0 Å². The van der Waals surface area contributed by atoms with Crippen LogP contribution < -0.4 is 30.5 Å². The molecule has 12 rings (SSSR count). The van der Waals surface area contributed by atoms with Crippen molar-refractivity contribution in [1.29, 1.82) is 0 Å². The molecule has 0 N–H and O–H groups in total. The van der Waals surface area contributed by atoms with Gasteiger partial charge in [0, 0.05) is 34.1 Å². The summed E-state index contributed by atoms with van der Waals surface area (Å²) in [7, 11) is -3.93. The first-order valence-corrected chi connectivity index (χ1v) is 28.3. The summed E-state index contributed by atoms with van der Waals surface area (Å²) in [5.74, 6) is 0. The predicted molar refractivity (Wildman–Crippen MR) is 277 cm³/mol. The summed E-state index contributed by atoms with van der Waals surface area (Å²) >= 11 is 0. The molecule has 2 heterocycles. The van der Waals surface area contributed by atoms with E-state index in [1.54, 1.807) is 0 Å². The SMILES string of the molecule is Cc1cccc(-c2c3cc(N4c5ccccc5[Si](C)(C)c5ccccc54)ccc3c(-c3cccc4ccccc34)c3cc(N4c5ccccc5[Si](C)(C)c5ccccc54)ccc23)c1. The molecule has 0 atom stereocenters. The lowest BCUT2D eigenvalue weighted by Crippen LogP contribution is -2.58. The minimum Gasteiger partial charge on any atom is -0.311 e. The summed E-state index contributed by atoms with van der Waals surface area (Å²) in [5, 5.41) is 13.4. The third-order valence-electron chi connectivity index (χ3n) is 14.2. The maximum absolute atomic E-state index is 2.53. The maximum Gasteiger partial charge on any atom is 0.117 e. The zero-order valence-corrected chi connectivity index (χ0v) is 38.4. The fraction of sp³-hybridized carbons (Fsp3) is 0.0847. The van der Waals surface area contributed by atoms with Gasteiger partial charge < -0.3 is 9.80 Å². The molecule has 0 amide bonds. The highest BCUT2D eigenvalue weighted by Crippen LogP contribution is 2.50. The molecule has 10 aromatic carbocycles. The molecule has 2 nitrogen and oxygen atoms in total. The molecule has 0 spiro atoms. The van der Waals surface area contributed by atoms with Crippen LogP contribution in [0.15, 0.2) is 200 Å². The molecule has 0 aliphatic carbocycles. The molecule has 0 bridgehead atoms. The summed E-state index contributed by atoms with van der Waals surface area (Å²) in [6.45, 7) is 12.2. The molecule has 0 unspecified atom stereocenters.